The van der Waals surface area contributed by atoms with Gasteiger partial charge in [-0.15, -0.1) is 0 Å². The third-order valence-electron chi connectivity index (χ3n) is 3.00. The molecule has 1 atom stereocenters. The van der Waals surface area contributed by atoms with Crippen LogP contribution in [0.5, 0.6) is 5.75 Å². The van der Waals surface area contributed by atoms with E-state index in [9.17, 15) is 4.79 Å². The highest BCUT2D eigenvalue weighted by atomic mass is 16.5. The van der Waals surface area contributed by atoms with Gasteiger partial charge in [0.2, 0.25) is 0 Å². The highest BCUT2D eigenvalue weighted by Gasteiger charge is 2.00. The Kier molecular flexibility index (Phi) is 6.44. The quantitative estimate of drug-likeness (QED) is 0.769. The fourth-order valence-electron chi connectivity index (χ4n) is 1.57. The lowest BCUT2D eigenvalue weighted by Crippen LogP contribution is -2.23. The minimum atomic E-state index is 0.233. The van der Waals surface area contributed by atoms with Crippen molar-refractivity contribution >= 4 is 5.78 Å². The van der Waals surface area contributed by atoms with E-state index >= 15 is 0 Å². The molecule has 3 heteroatoms. The smallest absolute Gasteiger partial charge is 0.130 e. The Morgan fingerprint density at radius 1 is 1.33 bits per heavy atom. The molecule has 1 N–H and O–H groups in total. The molecular weight excluding hydrogens is 226 g/mol. The SMILES string of the molecule is CNC(C)CCOc1ccc(CCC(C)=O)cc1. The van der Waals surface area contributed by atoms with Gasteiger partial charge < -0.3 is 14.8 Å². The first-order valence-electron chi connectivity index (χ1n) is 6.50. The van der Waals surface area contributed by atoms with Gasteiger partial charge in [-0.05, 0) is 51.4 Å². The van der Waals surface area contributed by atoms with Crippen LogP contribution in [-0.2, 0) is 11.2 Å². The van der Waals surface area contributed by atoms with Crippen molar-refractivity contribution in [3.8, 4) is 5.75 Å². The van der Waals surface area contributed by atoms with Crippen LogP contribution in [0.3, 0.4) is 0 Å². The van der Waals surface area contributed by atoms with Gasteiger partial charge in [0.15, 0.2) is 0 Å². The zero-order chi connectivity index (χ0) is 13.4. The van der Waals surface area contributed by atoms with Crippen LogP contribution >= 0.6 is 0 Å². The van der Waals surface area contributed by atoms with Crippen molar-refractivity contribution in [3.63, 3.8) is 0 Å². The molecule has 0 aromatic heterocycles. The maximum absolute atomic E-state index is 10.9. The van der Waals surface area contributed by atoms with Gasteiger partial charge in [-0.3, -0.25) is 0 Å². The lowest BCUT2D eigenvalue weighted by molar-refractivity contribution is -0.116. The normalized spacial score (nSPS) is 12.2. The molecule has 0 amide bonds. The Morgan fingerprint density at radius 3 is 2.56 bits per heavy atom. The van der Waals surface area contributed by atoms with Crippen molar-refractivity contribution in [1.82, 2.24) is 5.32 Å². The Bertz CT molecular complexity index is 359. The monoisotopic (exact) mass is 249 g/mol. The maximum atomic E-state index is 10.9. The molecule has 1 aromatic rings. The number of Topliss-reactive ketones (excluding diaryl/α,β-unsaturated/α-hetero) is 1. The van der Waals surface area contributed by atoms with Crippen LogP contribution in [0.4, 0.5) is 0 Å². The number of aryl methyl sites for hydroxylation is 1. The zero-order valence-corrected chi connectivity index (χ0v) is 11.5. The van der Waals surface area contributed by atoms with E-state index in [0.29, 0.717) is 12.5 Å². The van der Waals surface area contributed by atoms with E-state index in [1.807, 2.05) is 31.3 Å². The summed E-state index contributed by atoms with van der Waals surface area (Å²) in [5.41, 5.74) is 1.18. The number of ether oxygens (including phenoxy) is 1. The number of hydrogen-bond acceptors (Lipinski definition) is 3. The standard InChI is InChI=1S/C15H23NO2/c1-12(16-3)10-11-18-15-8-6-14(7-9-15)5-4-13(2)17/h6-9,12,16H,4-5,10-11H2,1-3H3. The minimum absolute atomic E-state index is 0.233. The molecule has 0 saturated carbocycles. The van der Waals surface area contributed by atoms with E-state index in [2.05, 4.69) is 12.2 Å². The fraction of sp³-hybridized carbons (Fsp3) is 0.533. The Labute approximate surface area is 110 Å². The van der Waals surface area contributed by atoms with Crippen LogP contribution in [0.25, 0.3) is 0 Å². The van der Waals surface area contributed by atoms with Crippen molar-refractivity contribution < 1.29 is 9.53 Å². The number of ketones is 1. The number of carbonyl (C=O) groups is 1. The van der Waals surface area contributed by atoms with Gasteiger partial charge in [-0.2, -0.15) is 0 Å². The molecule has 0 heterocycles. The predicted octanol–water partition coefficient (Wildman–Crippen LogP) is 2.59. The summed E-state index contributed by atoms with van der Waals surface area (Å²) in [4.78, 5) is 10.9. The van der Waals surface area contributed by atoms with E-state index in [1.54, 1.807) is 6.92 Å². The number of nitrogens with one attached hydrogen (secondary N) is 1. The molecule has 1 unspecified atom stereocenters. The third-order valence-corrected chi connectivity index (χ3v) is 3.00. The molecule has 0 aliphatic heterocycles. The summed E-state index contributed by atoms with van der Waals surface area (Å²) < 4.78 is 5.65. The second kappa shape index (κ2) is 7.88. The van der Waals surface area contributed by atoms with E-state index in [-0.39, 0.29) is 5.78 Å². The molecular formula is C15H23NO2. The molecule has 1 aromatic carbocycles. The minimum Gasteiger partial charge on any atom is -0.494 e. The molecule has 3 nitrogen and oxygen atoms in total. The molecule has 1 rings (SSSR count). The van der Waals surface area contributed by atoms with Crippen molar-refractivity contribution in [2.75, 3.05) is 13.7 Å². The Hall–Kier alpha value is -1.35. The highest BCUT2D eigenvalue weighted by molar-refractivity contribution is 5.75. The molecule has 0 bridgehead atoms. The first-order valence-corrected chi connectivity index (χ1v) is 6.50. The van der Waals surface area contributed by atoms with Crippen molar-refractivity contribution in [2.24, 2.45) is 0 Å². The topological polar surface area (TPSA) is 38.3 Å². The van der Waals surface area contributed by atoms with Gasteiger partial charge in [0.05, 0.1) is 6.61 Å². The Balaban J connectivity index is 2.33. The average molecular weight is 249 g/mol. The lowest BCUT2D eigenvalue weighted by atomic mass is 10.1. The average Bonchev–Trinajstić information content (AvgIpc) is 2.37. The summed E-state index contributed by atoms with van der Waals surface area (Å²) >= 11 is 0. The molecule has 100 valence electrons. The van der Waals surface area contributed by atoms with Gasteiger partial charge in [0.1, 0.15) is 11.5 Å². The van der Waals surface area contributed by atoms with E-state index in [0.717, 1.165) is 25.2 Å². The van der Waals surface area contributed by atoms with Gasteiger partial charge in [-0.25, -0.2) is 0 Å². The zero-order valence-electron chi connectivity index (χ0n) is 11.5. The van der Waals surface area contributed by atoms with E-state index in [4.69, 9.17) is 4.74 Å². The van der Waals surface area contributed by atoms with Crippen molar-refractivity contribution in [1.29, 1.82) is 0 Å². The van der Waals surface area contributed by atoms with Gasteiger partial charge in [-0.1, -0.05) is 12.1 Å². The summed E-state index contributed by atoms with van der Waals surface area (Å²) in [5, 5.41) is 3.18. The first kappa shape index (κ1) is 14.7. The number of carbonyl (C=O) groups excluding carboxylic acids is 1. The maximum Gasteiger partial charge on any atom is 0.130 e. The van der Waals surface area contributed by atoms with Crippen LogP contribution in [0.1, 0.15) is 32.3 Å². The molecule has 0 saturated heterocycles. The second-order valence-electron chi connectivity index (χ2n) is 4.67. The largest absolute Gasteiger partial charge is 0.494 e. The summed E-state index contributed by atoms with van der Waals surface area (Å²) in [7, 11) is 1.95. The number of benzene rings is 1. The number of hydrogen-bond donors (Lipinski definition) is 1. The molecule has 0 spiro atoms. The van der Waals surface area contributed by atoms with Crippen molar-refractivity contribution in [3.05, 3.63) is 29.8 Å². The second-order valence-corrected chi connectivity index (χ2v) is 4.67. The van der Waals surface area contributed by atoms with E-state index < -0.39 is 0 Å². The summed E-state index contributed by atoms with van der Waals surface area (Å²) in [6.07, 6.45) is 2.41. The highest BCUT2D eigenvalue weighted by Crippen LogP contribution is 2.14. The van der Waals surface area contributed by atoms with E-state index in [1.165, 1.54) is 5.56 Å². The van der Waals surface area contributed by atoms with Gasteiger partial charge in [0.25, 0.3) is 0 Å². The van der Waals surface area contributed by atoms with Crippen LogP contribution in [0, 0.1) is 0 Å². The van der Waals surface area contributed by atoms with Crippen LogP contribution in [-0.4, -0.2) is 25.5 Å². The molecule has 0 fully saturated rings. The van der Waals surface area contributed by atoms with Crippen LogP contribution in [0.15, 0.2) is 24.3 Å². The number of rotatable bonds is 8. The molecule has 0 radical (unpaired) electrons. The lowest BCUT2D eigenvalue weighted by Gasteiger charge is -2.11. The fourth-order valence-corrected chi connectivity index (χ4v) is 1.57. The summed E-state index contributed by atoms with van der Waals surface area (Å²) in [6.45, 7) is 4.48. The molecule has 0 aliphatic carbocycles. The van der Waals surface area contributed by atoms with Crippen LogP contribution < -0.4 is 10.1 Å². The molecule has 0 aliphatic rings. The van der Waals surface area contributed by atoms with Crippen LogP contribution in [0.2, 0.25) is 0 Å². The molecule has 18 heavy (non-hydrogen) atoms. The van der Waals surface area contributed by atoms with Crippen molar-refractivity contribution in [2.45, 2.75) is 39.2 Å². The van der Waals surface area contributed by atoms with Gasteiger partial charge in [0, 0.05) is 12.5 Å². The first-order chi connectivity index (χ1) is 8.61. The van der Waals surface area contributed by atoms with Gasteiger partial charge >= 0.3 is 0 Å². The predicted molar refractivity (Wildman–Crippen MR) is 74.1 cm³/mol. The summed E-state index contributed by atoms with van der Waals surface area (Å²) in [6, 6.07) is 8.47. The Morgan fingerprint density at radius 2 is 2.00 bits per heavy atom. The third kappa shape index (κ3) is 5.82. The summed E-state index contributed by atoms with van der Waals surface area (Å²) in [5.74, 6) is 1.13.